The summed E-state index contributed by atoms with van der Waals surface area (Å²) in [4.78, 5) is 33.1. The Hall–Kier alpha value is -3.57. The van der Waals surface area contributed by atoms with Gasteiger partial charge in [0.2, 0.25) is 11.8 Å². The molecule has 3 rings (SSSR count). The van der Waals surface area contributed by atoms with Gasteiger partial charge in [-0.2, -0.15) is 4.98 Å². The molecule has 1 aromatic carbocycles. The zero-order chi connectivity index (χ0) is 24.5. The van der Waals surface area contributed by atoms with Crippen LogP contribution in [0.15, 0.2) is 41.8 Å². The lowest BCUT2D eigenvalue weighted by Crippen LogP contribution is -2.19. The Morgan fingerprint density at radius 3 is 2.59 bits per heavy atom. The number of carbonyl (C=O) groups excluding carboxylic acids is 2. The minimum absolute atomic E-state index is 0.0144. The van der Waals surface area contributed by atoms with Gasteiger partial charge in [0.05, 0.1) is 30.9 Å². The number of aromatic nitrogens is 2. The van der Waals surface area contributed by atoms with Crippen molar-refractivity contribution >= 4 is 28.3 Å². The predicted octanol–water partition coefficient (Wildman–Crippen LogP) is 4.24. The summed E-state index contributed by atoms with van der Waals surface area (Å²) in [5, 5.41) is 4.68. The number of halogens is 1. The molecular weight excluding hydrogens is 465 g/mol. The second kappa shape index (κ2) is 12.1. The molecule has 0 aliphatic carbocycles. The van der Waals surface area contributed by atoms with Gasteiger partial charge in [0, 0.05) is 24.6 Å². The van der Waals surface area contributed by atoms with E-state index in [9.17, 15) is 14.0 Å². The number of benzene rings is 1. The molecule has 0 saturated heterocycles. The summed E-state index contributed by atoms with van der Waals surface area (Å²) in [6.45, 7) is 4.11. The van der Waals surface area contributed by atoms with E-state index in [1.807, 2.05) is 0 Å². The molecule has 9 nitrogen and oxygen atoms in total. The predicted molar refractivity (Wildman–Crippen MR) is 123 cm³/mol. The largest absolute Gasteiger partial charge is 0.472 e. The maximum Gasteiger partial charge on any atom is 0.311 e. The molecular formula is C23H24FN3O6S. The molecule has 2 heterocycles. The third-order valence-electron chi connectivity index (χ3n) is 4.20. The summed E-state index contributed by atoms with van der Waals surface area (Å²) < 4.78 is 34.6. The quantitative estimate of drug-likeness (QED) is 0.399. The smallest absolute Gasteiger partial charge is 0.311 e. The lowest BCUT2D eigenvalue weighted by atomic mass is 10.2. The summed E-state index contributed by atoms with van der Waals surface area (Å²) in [6, 6.07) is 8.28. The van der Waals surface area contributed by atoms with Gasteiger partial charge in [0.15, 0.2) is 5.13 Å². The summed E-state index contributed by atoms with van der Waals surface area (Å²) in [5.41, 5.74) is 0.695. The molecule has 0 radical (unpaired) electrons. The number of hydrogen-bond donors (Lipinski definition) is 1. The van der Waals surface area contributed by atoms with Crippen LogP contribution in [0.1, 0.15) is 29.9 Å². The Morgan fingerprint density at radius 1 is 1.15 bits per heavy atom. The van der Waals surface area contributed by atoms with Crippen molar-refractivity contribution in [3.05, 3.63) is 58.9 Å². The molecule has 0 fully saturated rings. The van der Waals surface area contributed by atoms with Crippen LogP contribution in [0.3, 0.4) is 0 Å². The van der Waals surface area contributed by atoms with Crippen molar-refractivity contribution in [2.75, 3.05) is 25.6 Å². The highest BCUT2D eigenvalue weighted by Crippen LogP contribution is 2.26. The maximum absolute atomic E-state index is 13.2. The Morgan fingerprint density at radius 2 is 1.88 bits per heavy atom. The standard InChI is InChI=1S/C23H24FN3O6S/c1-4-31-21(28)11-17-13-34-23(25-17)27-22(29)15-9-19(32-14(2)12-30-3)26-20(10-15)33-18-7-5-16(24)6-8-18/h5-10,13-14H,4,11-12H2,1-3H3,(H,25,27,29)/t14-/m1/s1. The molecule has 2 aromatic heterocycles. The van der Waals surface area contributed by atoms with Crippen LogP contribution in [0, 0.1) is 5.82 Å². The van der Waals surface area contributed by atoms with E-state index in [4.69, 9.17) is 18.9 Å². The van der Waals surface area contributed by atoms with Gasteiger partial charge in [-0.05, 0) is 38.1 Å². The van der Waals surface area contributed by atoms with Gasteiger partial charge in [-0.25, -0.2) is 9.37 Å². The zero-order valence-corrected chi connectivity index (χ0v) is 19.7. The van der Waals surface area contributed by atoms with E-state index < -0.39 is 17.7 Å². The normalized spacial score (nSPS) is 11.5. The molecule has 1 N–H and O–H groups in total. The molecule has 11 heteroatoms. The van der Waals surface area contributed by atoms with Gasteiger partial charge in [0.25, 0.3) is 5.91 Å². The number of rotatable bonds is 11. The van der Waals surface area contributed by atoms with Crippen LogP contribution in [-0.2, 0) is 20.7 Å². The summed E-state index contributed by atoms with van der Waals surface area (Å²) in [7, 11) is 1.55. The van der Waals surface area contributed by atoms with E-state index in [0.717, 1.165) is 0 Å². The molecule has 0 saturated carbocycles. The zero-order valence-electron chi connectivity index (χ0n) is 18.9. The first kappa shape index (κ1) is 25.1. The van der Waals surface area contributed by atoms with Gasteiger partial charge in [0.1, 0.15) is 17.7 Å². The number of ether oxygens (including phenoxy) is 4. The molecule has 1 atom stereocenters. The number of nitrogens with one attached hydrogen (secondary N) is 1. The highest BCUT2D eigenvalue weighted by molar-refractivity contribution is 7.14. The van der Waals surface area contributed by atoms with Gasteiger partial charge >= 0.3 is 5.97 Å². The number of thiazole rings is 1. The lowest BCUT2D eigenvalue weighted by Gasteiger charge is -2.15. The van der Waals surface area contributed by atoms with Crippen LogP contribution in [0.25, 0.3) is 0 Å². The van der Waals surface area contributed by atoms with Crippen molar-refractivity contribution in [3.8, 4) is 17.5 Å². The monoisotopic (exact) mass is 489 g/mol. The lowest BCUT2D eigenvalue weighted by molar-refractivity contribution is -0.142. The second-order valence-corrected chi connectivity index (χ2v) is 7.91. The average Bonchev–Trinajstić information content (AvgIpc) is 3.22. The number of pyridine rings is 1. The van der Waals surface area contributed by atoms with E-state index in [2.05, 4.69) is 15.3 Å². The fraction of sp³-hybridized carbons (Fsp3) is 0.304. The first-order chi connectivity index (χ1) is 16.4. The highest BCUT2D eigenvalue weighted by atomic mass is 32.1. The Kier molecular flexibility index (Phi) is 8.88. The van der Waals surface area contributed by atoms with Crippen molar-refractivity contribution in [3.63, 3.8) is 0 Å². The molecule has 34 heavy (non-hydrogen) atoms. The SMILES string of the molecule is CCOC(=O)Cc1csc(NC(=O)c2cc(Oc3ccc(F)cc3)nc(O[C@H](C)COC)c2)n1. The van der Waals surface area contributed by atoms with Crippen molar-refractivity contribution < 1.29 is 32.9 Å². The van der Waals surface area contributed by atoms with E-state index in [0.29, 0.717) is 23.2 Å². The fourth-order valence-corrected chi connectivity index (χ4v) is 3.50. The van der Waals surface area contributed by atoms with E-state index in [1.54, 1.807) is 26.3 Å². The van der Waals surface area contributed by atoms with Crippen LogP contribution in [0.4, 0.5) is 9.52 Å². The number of methoxy groups -OCH3 is 1. The van der Waals surface area contributed by atoms with Crippen LogP contribution in [-0.4, -0.2) is 48.3 Å². The average molecular weight is 490 g/mol. The molecule has 0 aliphatic heterocycles. The molecule has 1 amide bonds. The van der Waals surface area contributed by atoms with Gasteiger partial charge in [-0.1, -0.05) is 0 Å². The summed E-state index contributed by atoms with van der Waals surface area (Å²) in [5.74, 6) is -0.707. The highest BCUT2D eigenvalue weighted by Gasteiger charge is 2.16. The van der Waals surface area contributed by atoms with Crippen molar-refractivity contribution in [2.24, 2.45) is 0 Å². The Balaban J connectivity index is 1.79. The van der Waals surface area contributed by atoms with Crippen molar-refractivity contribution in [2.45, 2.75) is 26.4 Å². The Bertz CT molecular complexity index is 1120. The van der Waals surface area contributed by atoms with Gasteiger partial charge < -0.3 is 18.9 Å². The molecule has 3 aromatic rings. The fourth-order valence-electron chi connectivity index (χ4n) is 2.80. The van der Waals surface area contributed by atoms with E-state index in [-0.39, 0.29) is 36.5 Å². The second-order valence-electron chi connectivity index (χ2n) is 7.05. The van der Waals surface area contributed by atoms with Crippen molar-refractivity contribution in [1.82, 2.24) is 9.97 Å². The first-order valence-corrected chi connectivity index (χ1v) is 11.3. The van der Waals surface area contributed by atoms with Crippen LogP contribution >= 0.6 is 11.3 Å². The Labute approximate surface area is 199 Å². The van der Waals surface area contributed by atoms with E-state index in [1.165, 1.54) is 47.7 Å². The molecule has 0 spiro atoms. The minimum atomic E-state index is -0.479. The minimum Gasteiger partial charge on any atom is -0.472 e. The summed E-state index contributed by atoms with van der Waals surface area (Å²) in [6.07, 6.45) is -0.320. The topological polar surface area (TPSA) is 109 Å². The maximum atomic E-state index is 13.2. The number of nitrogens with zero attached hydrogens (tertiary/aromatic N) is 2. The summed E-state index contributed by atoms with van der Waals surface area (Å²) >= 11 is 1.18. The number of carbonyl (C=O) groups is 2. The molecule has 0 unspecified atom stereocenters. The number of anilines is 1. The van der Waals surface area contributed by atoms with Crippen molar-refractivity contribution in [1.29, 1.82) is 0 Å². The third-order valence-corrected chi connectivity index (χ3v) is 5.01. The molecule has 0 aliphatic rings. The van der Waals surface area contributed by atoms with Gasteiger partial charge in [-0.3, -0.25) is 14.9 Å². The van der Waals surface area contributed by atoms with E-state index >= 15 is 0 Å². The number of esters is 1. The molecule has 0 bridgehead atoms. The third kappa shape index (κ3) is 7.49. The first-order valence-electron chi connectivity index (χ1n) is 10.4. The van der Waals surface area contributed by atoms with Crippen LogP contribution in [0.5, 0.6) is 17.5 Å². The van der Waals surface area contributed by atoms with Gasteiger partial charge in [-0.15, -0.1) is 11.3 Å². The van der Waals surface area contributed by atoms with Crippen LogP contribution < -0.4 is 14.8 Å². The number of amides is 1. The molecule has 180 valence electrons. The number of hydrogen-bond acceptors (Lipinski definition) is 9. The van der Waals surface area contributed by atoms with Crippen LogP contribution in [0.2, 0.25) is 0 Å².